The molecule has 5 nitrogen and oxygen atoms in total. The summed E-state index contributed by atoms with van der Waals surface area (Å²) in [5, 5.41) is 2.84. The van der Waals surface area contributed by atoms with Gasteiger partial charge in [-0.2, -0.15) is 0 Å². The molecule has 2 aromatic rings. The summed E-state index contributed by atoms with van der Waals surface area (Å²) in [5.74, 6) is 1.97. The molecule has 0 saturated carbocycles. The molecule has 0 radical (unpaired) electrons. The van der Waals surface area contributed by atoms with Crippen LogP contribution in [-0.2, 0) is 4.79 Å². The van der Waals surface area contributed by atoms with E-state index in [-0.39, 0.29) is 5.91 Å². The molecule has 0 aliphatic heterocycles. The van der Waals surface area contributed by atoms with Crippen molar-refractivity contribution in [2.24, 2.45) is 0 Å². The van der Waals surface area contributed by atoms with E-state index in [4.69, 9.17) is 14.2 Å². The van der Waals surface area contributed by atoms with Gasteiger partial charge in [-0.25, -0.2) is 0 Å². The first-order valence-electron chi connectivity index (χ1n) is 7.83. The Balaban J connectivity index is 1.76. The Labute approximate surface area is 142 Å². The van der Waals surface area contributed by atoms with Crippen LogP contribution in [0.5, 0.6) is 17.2 Å². The second-order valence-electron chi connectivity index (χ2n) is 5.38. The van der Waals surface area contributed by atoms with Crippen molar-refractivity contribution >= 4 is 11.6 Å². The van der Waals surface area contributed by atoms with Crippen LogP contribution in [0.4, 0.5) is 5.69 Å². The van der Waals surface area contributed by atoms with Crippen molar-refractivity contribution in [3.8, 4) is 17.2 Å². The van der Waals surface area contributed by atoms with Gasteiger partial charge in [0.2, 0.25) is 5.91 Å². The third-order valence-corrected chi connectivity index (χ3v) is 3.51. The van der Waals surface area contributed by atoms with Gasteiger partial charge in [0.1, 0.15) is 5.75 Å². The molecule has 2 aromatic carbocycles. The van der Waals surface area contributed by atoms with Gasteiger partial charge in [-0.15, -0.1) is 0 Å². The van der Waals surface area contributed by atoms with Crippen LogP contribution in [-0.4, -0.2) is 26.7 Å². The van der Waals surface area contributed by atoms with E-state index in [2.05, 4.69) is 5.32 Å². The maximum absolute atomic E-state index is 12.0. The van der Waals surface area contributed by atoms with E-state index in [0.29, 0.717) is 36.6 Å². The molecular formula is C19H23NO4. The van der Waals surface area contributed by atoms with Crippen LogP contribution in [0.1, 0.15) is 18.4 Å². The summed E-state index contributed by atoms with van der Waals surface area (Å²) in [6.45, 7) is 2.53. The summed E-state index contributed by atoms with van der Waals surface area (Å²) < 4.78 is 16.0. The van der Waals surface area contributed by atoms with Crippen molar-refractivity contribution in [2.45, 2.75) is 19.8 Å². The SMILES string of the molecule is COc1ccc(NC(=O)CCCOc2ccc(C)cc2)cc1OC. The number of amides is 1. The average Bonchev–Trinajstić information content (AvgIpc) is 2.60. The zero-order chi connectivity index (χ0) is 17.4. The molecule has 5 heteroatoms. The molecule has 0 aliphatic rings. The fourth-order valence-corrected chi connectivity index (χ4v) is 2.19. The lowest BCUT2D eigenvalue weighted by molar-refractivity contribution is -0.116. The molecule has 128 valence electrons. The van der Waals surface area contributed by atoms with E-state index >= 15 is 0 Å². The van der Waals surface area contributed by atoms with Crippen LogP contribution in [0.3, 0.4) is 0 Å². The number of rotatable bonds is 8. The molecule has 0 heterocycles. The molecule has 0 atom stereocenters. The third kappa shape index (κ3) is 5.19. The normalized spacial score (nSPS) is 10.1. The maximum Gasteiger partial charge on any atom is 0.224 e. The molecule has 0 aromatic heterocycles. The van der Waals surface area contributed by atoms with Gasteiger partial charge in [-0.1, -0.05) is 17.7 Å². The van der Waals surface area contributed by atoms with Crippen molar-refractivity contribution in [3.63, 3.8) is 0 Å². The van der Waals surface area contributed by atoms with Gasteiger partial charge >= 0.3 is 0 Å². The lowest BCUT2D eigenvalue weighted by atomic mass is 10.2. The van der Waals surface area contributed by atoms with Crippen LogP contribution in [0.2, 0.25) is 0 Å². The van der Waals surface area contributed by atoms with E-state index in [1.807, 2.05) is 31.2 Å². The lowest BCUT2D eigenvalue weighted by Gasteiger charge is -2.11. The summed E-state index contributed by atoms with van der Waals surface area (Å²) in [6.07, 6.45) is 1.03. The maximum atomic E-state index is 12.0. The molecule has 0 unspecified atom stereocenters. The molecule has 0 spiro atoms. The minimum absolute atomic E-state index is 0.0604. The fourth-order valence-electron chi connectivity index (χ4n) is 2.19. The van der Waals surface area contributed by atoms with Gasteiger partial charge in [0.15, 0.2) is 11.5 Å². The van der Waals surface area contributed by atoms with Crippen molar-refractivity contribution in [1.29, 1.82) is 0 Å². The number of nitrogens with one attached hydrogen (secondary N) is 1. The number of aryl methyl sites for hydroxylation is 1. The van der Waals surface area contributed by atoms with Gasteiger partial charge < -0.3 is 19.5 Å². The van der Waals surface area contributed by atoms with Crippen molar-refractivity contribution < 1.29 is 19.0 Å². The van der Waals surface area contributed by atoms with Gasteiger partial charge in [0.05, 0.1) is 20.8 Å². The third-order valence-electron chi connectivity index (χ3n) is 3.51. The Morgan fingerprint density at radius 1 is 1.00 bits per heavy atom. The Morgan fingerprint density at radius 2 is 1.71 bits per heavy atom. The van der Waals surface area contributed by atoms with Crippen LogP contribution in [0, 0.1) is 6.92 Å². The lowest BCUT2D eigenvalue weighted by Crippen LogP contribution is -2.13. The Bertz CT molecular complexity index is 668. The topological polar surface area (TPSA) is 56.8 Å². The number of hydrogen-bond donors (Lipinski definition) is 1. The zero-order valence-electron chi connectivity index (χ0n) is 14.3. The first-order valence-corrected chi connectivity index (χ1v) is 7.83. The highest BCUT2D eigenvalue weighted by molar-refractivity contribution is 5.91. The Hall–Kier alpha value is -2.69. The summed E-state index contributed by atoms with van der Waals surface area (Å²) >= 11 is 0. The second-order valence-corrected chi connectivity index (χ2v) is 5.38. The minimum atomic E-state index is -0.0604. The molecule has 0 bridgehead atoms. The van der Waals surface area contributed by atoms with Crippen LogP contribution in [0.15, 0.2) is 42.5 Å². The van der Waals surface area contributed by atoms with Crippen molar-refractivity contribution in [2.75, 3.05) is 26.1 Å². The van der Waals surface area contributed by atoms with E-state index in [1.54, 1.807) is 32.4 Å². The summed E-state index contributed by atoms with van der Waals surface area (Å²) in [6, 6.07) is 13.1. The zero-order valence-corrected chi connectivity index (χ0v) is 14.3. The first kappa shape index (κ1) is 17.7. The molecule has 0 fully saturated rings. The highest BCUT2D eigenvalue weighted by Gasteiger charge is 2.07. The smallest absolute Gasteiger partial charge is 0.224 e. The van der Waals surface area contributed by atoms with E-state index < -0.39 is 0 Å². The van der Waals surface area contributed by atoms with Crippen LogP contribution < -0.4 is 19.5 Å². The van der Waals surface area contributed by atoms with Gasteiger partial charge in [-0.05, 0) is 37.6 Å². The predicted molar refractivity (Wildman–Crippen MR) is 94.1 cm³/mol. The number of carbonyl (C=O) groups is 1. The number of methoxy groups -OCH3 is 2. The molecule has 0 aliphatic carbocycles. The quantitative estimate of drug-likeness (QED) is 0.748. The van der Waals surface area contributed by atoms with Gasteiger partial charge in [0.25, 0.3) is 0 Å². The molecule has 24 heavy (non-hydrogen) atoms. The first-order chi connectivity index (χ1) is 11.6. The molecule has 1 N–H and O–H groups in total. The van der Waals surface area contributed by atoms with Crippen molar-refractivity contribution in [3.05, 3.63) is 48.0 Å². The molecule has 1 amide bonds. The summed E-state index contributed by atoms with van der Waals surface area (Å²) in [7, 11) is 3.13. The number of carbonyl (C=O) groups excluding carboxylic acids is 1. The monoisotopic (exact) mass is 329 g/mol. The number of ether oxygens (including phenoxy) is 3. The van der Waals surface area contributed by atoms with Gasteiger partial charge in [-0.3, -0.25) is 4.79 Å². The van der Waals surface area contributed by atoms with Crippen molar-refractivity contribution in [1.82, 2.24) is 0 Å². The van der Waals surface area contributed by atoms with E-state index in [1.165, 1.54) is 5.56 Å². The second kappa shape index (κ2) is 8.82. The Morgan fingerprint density at radius 3 is 2.38 bits per heavy atom. The fraction of sp³-hybridized carbons (Fsp3) is 0.316. The predicted octanol–water partition coefficient (Wildman–Crippen LogP) is 3.81. The molecule has 2 rings (SSSR count). The molecular weight excluding hydrogens is 306 g/mol. The summed E-state index contributed by atoms with van der Waals surface area (Å²) in [5.41, 5.74) is 1.87. The van der Waals surface area contributed by atoms with Crippen LogP contribution >= 0.6 is 0 Å². The van der Waals surface area contributed by atoms with Crippen LogP contribution in [0.25, 0.3) is 0 Å². The minimum Gasteiger partial charge on any atom is -0.494 e. The summed E-state index contributed by atoms with van der Waals surface area (Å²) in [4.78, 5) is 12.0. The highest BCUT2D eigenvalue weighted by atomic mass is 16.5. The van der Waals surface area contributed by atoms with E-state index in [9.17, 15) is 4.79 Å². The largest absolute Gasteiger partial charge is 0.494 e. The Kier molecular flexibility index (Phi) is 6.49. The average molecular weight is 329 g/mol. The number of benzene rings is 2. The highest BCUT2D eigenvalue weighted by Crippen LogP contribution is 2.29. The standard InChI is InChI=1S/C19H23NO4/c1-14-6-9-16(10-7-14)24-12-4-5-19(21)20-15-8-11-17(22-2)18(13-15)23-3/h6-11,13H,4-5,12H2,1-3H3,(H,20,21). The van der Waals surface area contributed by atoms with Gasteiger partial charge in [0, 0.05) is 18.2 Å². The van der Waals surface area contributed by atoms with E-state index in [0.717, 1.165) is 5.75 Å². The number of hydrogen-bond acceptors (Lipinski definition) is 4. The molecule has 0 saturated heterocycles. The number of anilines is 1.